The molecule has 3 fully saturated rings. The van der Waals surface area contributed by atoms with Crippen molar-refractivity contribution in [3.05, 3.63) is 71.8 Å². The van der Waals surface area contributed by atoms with Crippen LogP contribution in [0.2, 0.25) is 0 Å². The van der Waals surface area contributed by atoms with Crippen LogP contribution in [0.4, 0.5) is 0 Å². The van der Waals surface area contributed by atoms with E-state index in [1.807, 2.05) is 36.4 Å². The van der Waals surface area contributed by atoms with Gasteiger partial charge in [-0.3, -0.25) is 4.90 Å². The second-order valence-corrected chi connectivity index (χ2v) is 8.40. The zero-order valence-electron chi connectivity index (χ0n) is 16.4. The first kappa shape index (κ1) is 18.4. The Kier molecular flexibility index (Phi) is 4.63. The molecule has 5 heteroatoms. The smallest absolute Gasteiger partial charge is 0.338 e. The lowest BCUT2D eigenvalue weighted by atomic mass is 9.81. The van der Waals surface area contributed by atoms with Gasteiger partial charge in [-0.25, -0.2) is 9.59 Å². The molecule has 0 spiro atoms. The summed E-state index contributed by atoms with van der Waals surface area (Å²) in [6.45, 7) is 0. The highest BCUT2D eigenvalue weighted by Crippen LogP contribution is 2.54. The van der Waals surface area contributed by atoms with Crippen molar-refractivity contribution in [1.82, 2.24) is 4.90 Å². The fourth-order valence-corrected chi connectivity index (χ4v) is 5.76. The van der Waals surface area contributed by atoms with Gasteiger partial charge in [-0.2, -0.15) is 0 Å². The second kappa shape index (κ2) is 7.30. The molecule has 0 N–H and O–H groups in total. The van der Waals surface area contributed by atoms with Gasteiger partial charge >= 0.3 is 11.9 Å². The highest BCUT2D eigenvalue weighted by molar-refractivity contribution is 5.90. The number of carbonyl (C=O) groups excluding carboxylic acids is 2. The number of hydrogen-bond donors (Lipinski definition) is 0. The minimum absolute atomic E-state index is 0.222. The van der Waals surface area contributed by atoms with Gasteiger partial charge in [0.15, 0.2) is 0 Å². The Labute approximate surface area is 170 Å². The molecule has 5 nitrogen and oxygen atoms in total. The first-order valence-corrected chi connectivity index (χ1v) is 10.4. The van der Waals surface area contributed by atoms with Crippen LogP contribution in [0.25, 0.3) is 0 Å². The molecule has 2 aliphatic heterocycles. The number of nitrogens with zero attached hydrogens (tertiary/aromatic N) is 1. The van der Waals surface area contributed by atoms with Crippen molar-refractivity contribution in [2.45, 2.75) is 43.6 Å². The molecule has 2 aromatic rings. The standard InChI is InChI=1S/C24H25NO4/c1-25-18-12-13-19(25)21-17(18)14-20(28-23(26)15-8-4-2-5-9-15)22(21)29-24(27)16-10-6-3-7-11-16/h2-11,17-22H,12-14H2,1H3. The number of carbonyl (C=O) groups is 2. The minimum atomic E-state index is -0.405. The van der Waals surface area contributed by atoms with E-state index in [1.54, 1.807) is 24.3 Å². The molecule has 2 heterocycles. The molecule has 6 atom stereocenters. The zero-order valence-corrected chi connectivity index (χ0v) is 16.4. The molecule has 0 aromatic heterocycles. The predicted molar refractivity (Wildman–Crippen MR) is 107 cm³/mol. The molecule has 1 saturated carbocycles. The first-order chi connectivity index (χ1) is 14.1. The van der Waals surface area contributed by atoms with E-state index in [1.165, 1.54) is 6.42 Å². The summed E-state index contributed by atoms with van der Waals surface area (Å²) in [6.07, 6.45) is 2.23. The molecule has 1 aliphatic carbocycles. The largest absolute Gasteiger partial charge is 0.455 e. The predicted octanol–water partition coefficient (Wildman–Crippen LogP) is 3.55. The zero-order chi connectivity index (χ0) is 20.0. The summed E-state index contributed by atoms with van der Waals surface area (Å²) >= 11 is 0. The number of esters is 2. The van der Waals surface area contributed by atoms with Crippen LogP contribution in [0.5, 0.6) is 0 Å². The van der Waals surface area contributed by atoms with Gasteiger partial charge in [-0.05, 0) is 56.5 Å². The summed E-state index contributed by atoms with van der Waals surface area (Å²) in [5.41, 5.74) is 1.05. The van der Waals surface area contributed by atoms with E-state index in [-0.39, 0.29) is 17.9 Å². The summed E-state index contributed by atoms with van der Waals surface area (Å²) in [6, 6.07) is 18.9. The van der Waals surface area contributed by atoms with E-state index in [4.69, 9.17) is 9.47 Å². The van der Waals surface area contributed by atoms with E-state index < -0.39 is 12.2 Å². The highest BCUT2D eigenvalue weighted by Gasteiger charge is 2.62. The van der Waals surface area contributed by atoms with Crippen molar-refractivity contribution >= 4 is 11.9 Å². The Hall–Kier alpha value is -2.66. The number of benzene rings is 2. The monoisotopic (exact) mass is 391 g/mol. The third kappa shape index (κ3) is 3.14. The van der Waals surface area contributed by atoms with Crippen molar-refractivity contribution in [2.75, 3.05) is 7.05 Å². The van der Waals surface area contributed by atoms with Crippen molar-refractivity contribution in [2.24, 2.45) is 11.8 Å². The summed E-state index contributed by atoms with van der Waals surface area (Å²) < 4.78 is 11.9. The molecule has 0 radical (unpaired) electrons. The van der Waals surface area contributed by atoms with Crippen LogP contribution in [-0.2, 0) is 9.47 Å². The summed E-state index contributed by atoms with van der Waals surface area (Å²) in [4.78, 5) is 27.9. The minimum Gasteiger partial charge on any atom is -0.455 e. The molecule has 2 aromatic carbocycles. The van der Waals surface area contributed by atoms with E-state index in [9.17, 15) is 9.59 Å². The summed E-state index contributed by atoms with van der Waals surface area (Å²) in [5.74, 6) is -0.0691. The fourth-order valence-electron chi connectivity index (χ4n) is 5.76. The van der Waals surface area contributed by atoms with Gasteiger partial charge in [0, 0.05) is 18.0 Å². The lowest BCUT2D eigenvalue weighted by Gasteiger charge is -2.29. The third-order valence-corrected chi connectivity index (χ3v) is 7.01. The molecule has 2 saturated heterocycles. The van der Waals surface area contributed by atoms with Gasteiger partial charge in [0.25, 0.3) is 0 Å². The highest BCUT2D eigenvalue weighted by atomic mass is 16.6. The van der Waals surface area contributed by atoms with Crippen LogP contribution in [0.15, 0.2) is 60.7 Å². The lowest BCUT2D eigenvalue weighted by Crippen LogP contribution is -2.41. The molecule has 3 aliphatic rings. The number of hydrogen-bond acceptors (Lipinski definition) is 5. The Balaban J connectivity index is 1.39. The normalized spacial score (nSPS) is 32.7. The topological polar surface area (TPSA) is 55.8 Å². The molecule has 5 rings (SSSR count). The number of ether oxygens (including phenoxy) is 2. The van der Waals surface area contributed by atoms with Gasteiger partial charge in [-0.15, -0.1) is 0 Å². The van der Waals surface area contributed by atoms with Gasteiger partial charge < -0.3 is 9.47 Å². The molecule has 2 bridgehead atoms. The molecule has 150 valence electrons. The van der Waals surface area contributed by atoms with Crippen LogP contribution < -0.4 is 0 Å². The average molecular weight is 391 g/mol. The Morgan fingerprint density at radius 1 is 0.828 bits per heavy atom. The molecular weight excluding hydrogens is 366 g/mol. The maximum absolute atomic E-state index is 12.8. The van der Waals surface area contributed by atoms with Crippen molar-refractivity contribution in [3.63, 3.8) is 0 Å². The Morgan fingerprint density at radius 2 is 1.38 bits per heavy atom. The molecular formula is C24H25NO4. The molecule has 0 amide bonds. The molecule has 6 unspecified atom stereocenters. The summed E-state index contributed by atoms with van der Waals surface area (Å²) in [7, 11) is 2.17. The van der Waals surface area contributed by atoms with E-state index in [0.717, 1.165) is 12.8 Å². The van der Waals surface area contributed by atoms with Gasteiger partial charge in [-0.1, -0.05) is 36.4 Å². The quantitative estimate of drug-likeness (QED) is 0.746. The van der Waals surface area contributed by atoms with Crippen LogP contribution >= 0.6 is 0 Å². The van der Waals surface area contributed by atoms with Gasteiger partial charge in [0.1, 0.15) is 12.2 Å². The lowest BCUT2D eigenvalue weighted by molar-refractivity contribution is -0.0411. The van der Waals surface area contributed by atoms with E-state index >= 15 is 0 Å². The Morgan fingerprint density at radius 3 is 2.00 bits per heavy atom. The number of fused-ring (bicyclic) bond motifs is 5. The summed E-state index contributed by atoms with van der Waals surface area (Å²) in [5, 5.41) is 0. The van der Waals surface area contributed by atoms with Crippen LogP contribution in [0, 0.1) is 11.8 Å². The number of rotatable bonds is 4. The maximum atomic E-state index is 12.8. The van der Waals surface area contributed by atoms with Gasteiger partial charge in [0.05, 0.1) is 11.1 Å². The SMILES string of the molecule is CN1C2CCC1C1C2CC(OC(=O)c2ccccc2)C1OC(=O)c1ccccc1. The van der Waals surface area contributed by atoms with Crippen molar-refractivity contribution < 1.29 is 19.1 Å². The third-order valence-electron chi connectivity index (χ3n) is 7.01. The van der Waals surface area contributed by atoms with E-state index in [0.29, 0.717) is 29.1 Å². The first-order valence-electron chi connectivity index (χ1n) is 10.4. The van der Waals surface area contributed by atoms with Crippen molar-refractivity contribution in [3.8, 4) is 0 Å². The van der Waals surface area contributed by atoms with Crippen LogP contribution in [0.1, 0.15) is 40.0 Å². The second-order valence-electron chi connectivity index (χ2n) is 8.40. The fraction of sp³-hybridized carbons (Fsp3) is 0.417. The van der Waals surface area contributed by atoms with Crippen molar-refractivity contribution in [1.29, 1.82) is 0 Å². The Bertz CT molecular complexity index is 900. The van der Waals surface area contributed by atoms with Crippen LogP contribution in [-0.4, -0.2) is 48.2 Å². The average Bonchev–Trinajstić information content (AvgIpc) is 3.38. The maximum Gasteiger partial charge on any atom is 0.338 e. The van der Waals surface area contributed by atoms with E-state index in [2.05, 4.69) is 11.9 Å². The molecule has 29 heavy (non-hydrogen) atoms. The van der Waals surface area contributed by atoms with Gasteiger partial charge in [0.2, 0.25) is 0 Å². The van der Waals surface area contributed by atoms with Crippen LogP contribution in [0.3, 0.4) is 0 Å².